The summed E-state index contributed by atoms with van der Waals surface area (Å²) in [6.07, 6.45) is 0.733. The number of carbonyl (C=O) groups is 2. The number of nitrogens with zero attached hydrogens (tertiary/aromatic N) is 1. The highest BCUT2D eigenvalue weighted by Gasteiger charge is 2.23. The molecule has 106 valence electrons. The number of benzene rings is 1. The molecular weight excluding hydrogens is 269 g/mol. The summed E-state index contributed by atoms with van der Waals surface area (Å²) in [6, 6.07) is 2.47. The molecule has 1 aromatic rings. The highest BCUT2D eigenvalue weighted by molar-refractivity contribution is 5.95. The van der Waals surface area contributed by atoms with E-state index in [-0.39, 0.29) is 36.2 Å². The number of piperidine rings is 1. The molecule has 2 rings (SSSR count). The molecule has 0 aromatic heterocycles. The van der Waals surface area contributed by atoms with Crippen molar-refractivity contribution in [1.82, 2.24) is 10.6 Å². The Bertz CT molecular complexity index is 566. The van der Waals surface area contributed by atoms with Crippen LogP contribution in [0.5, 0.6) is 0 Å². The maximum atomic E-state index is 13.5. The summed E-state index contributed by atoms with van der Waals surface area (Å²) in [5.41, 5.74) is -0.732. The van der Waals surface area contributed by atoms with Crippen LogP contribution >= 0.6 is 0 Å². The van der Waals surface area contributed by atoms with Gasteiger partial charge in [0.25, 0.3) is 11.6 Å². The molecular formula is C12H12FN3O4. The first-order chi connectivity index (χ1) is 9.47. The molecule has 0 aliphatic carbocycles. The van der Waals surface area contributed by atoms with E-state index in [4.69, 9.17) is 0 Å². The molecule has 1 fully saturated rings. The average molecular weight is 281 g/mol. The Morgan fingerprint density at radius 3 is 2.85 bits per heavy atom. The van der Waals surface area contributed by atoms with E-state index in [0.29, 0.717) is 6.42 Å². The lowest BCUT2D eigenvalue weighted by Crippen LogP contribution is -2.47. The third kappa shape index (κ3) is 3.08. The standard InChI is InChI=1S/C12H12FN3O4/c13-10-3-2-8(16(19)20)5-9(10)12(18)15-7-1-4-11(17)14-6-7/h2-3,5,7H,1,4,6H2,(H,14,17)(H,15,18). The van der Waals surface area contributed by atoms with E-state index in [1.807, 2.05) is 0 Å². The Balaban J connectivity index is 2.10. The monoisotopic (exact) mass is 281 g/mol. The molecule has 8 heteroatoms. The van der Waals surface area contributed by atoms with Crippen LogP contribution < -0.4 is 10.6 Å². The van der Waals surface area contributed by atoms with Crippen LogP contribution in [-0.4, -0.2) is 29.3 Å². The molecule has 20 heavy (non-hydrogen) atoms. The van der Waals surface area contributed by atoms with Crippen LogP contribution in [0.2, 0.25) is 0 Å². The predicted molar refractivity (Wildman–Crippen MR) is 66.6 cm³/mol. The summed E-state index contributed by atoms with van der Waals surface area (Å²) in [6.45, 7) is 0.265. The minimum absolute atomic E-state index is 0.1000. The van der Waals surface area contributed by atoms with Gasteiger partial charge in [-0.2, -0.15) is 0 Å². The number of rotatable bonds is 3. The number of hydrogen-bond acceptors (Lipinski definition) is 4. The molecule has 1 aromatic carbocycles. The summed E-state index contributed by atoms with van der Waals surface area (Å²) in [5.74, 6) is -1.66. The Labute approximate surface area is 113 Å². The number of nitro groups is 1. The fraction of sp³-hybridized carbons (Fsp3) is 0.333. The van der Waals surface area contributed by atoms with Crippen LogP contribution in [0.25, 0.3) is 0 Å². The van der Waals surface area contributed by atoms with Crippen LogP contribution in [0.1, 0.15) is 23.2 Å². The Kier molecular flexibility index (Phi) is 3.92. The maximum Gasteiger partial charge on any atom is 0.270 e. The molecule has 2 amide bonds. The lowest BCUT2D eigenvalue weighted by Gasteiger charge is -2.23. The van der Waals surface area contributed by atoms with Gasteiger partial charge in [-0.15, -0.1) is 0 Å². The Morgan fingerprint density at radius 2 is 2.25 bits per heavy atom. The van der Waals surface area contributed by atoms with Crippen LogP contribution in [-0.2, 0) is 4.79 Å². The van der Waals surface area contributed by atoms with Crippen LogP contribution in [0.4, 0.5) is 10.1 Å². The Hall–Kier alpha value is -2.51. The molecule has 1 saturated heterocycles. The molecule has 1 aliphatic heterocycles. The number of hydrogen-bond donors (Lipinski definition) is 2. The number of amides is 2. The zero-order valence-corrected chi connectivity index (χ0v) is 10.4. The smallest absolute Gasteiger partial charge is 0.270 e. The molecule has 0 radical (unpaired) electrons. The molecule has 1 atom stereocenters. The number of carbonyl (C=O) groups excluding carboxylic acids is 2. The van der Waals surface area contributed by atoms with Gasteiger partial charge in [0.1, 0.15) is 5.82 Å². The van der Waals surface area contributed by atoms with E-state index < -0.39 is 16.6 Å². The summed E-state index contributed by atoms with van der Waals surface area (Å²) in [5, 5.41) is 15.7. The van der Waals surface area contributed by atoms with E-state index in [1.165, 1.54) is 0 Å². The number of nitrogens with one attached hydrogen (secondary N) is 2. The zero-order chi connectivity index (χ0) is 14.7. The van der Waals surface area contributed by atoms with Gasteiger partial charge in [0.2, 0.25) is 5.91 Å². The van der Waals surface area contributed by atoms with Crippen molar-refractivity contribution < 1.29 is 18.9 Å². The van der Waals surface area contributed by atoms with Crippen LogP contribution in [0.15, 0.2) is 18.2 Å². The van der Waals surface area contributed by atoms with Crippen molar-refractivity contribution in [3.8, 4) is 0 Å². The van der Waals surface area contributed by atoms with Crippen molar-refractivity contribution in [2.24, 2.45) is 0 Å². The van der Waals surface area contributed by atoms with Gasteiger partial charge in [-0.1, -0.05) is 0 Å². The van der Waals surface area contributed by atoms with Gasteiger partial charge in [0, 0.05) is 31.1 Å². The minimum atomic E-state index is -0.826. The third-order valence-electron chi connectivity index (χ3n) is 3.01. The molecule has 7 nitrogen and oxygen atoms in total. The first-order valence-electron chi connectivity index (χ1n) is 5.99. The number of halogens is 1. The van der Waals surface area contributed by atoms with Gasteiger partial charge < -0.3 is 10.6 Å². The molecule has 2 N–H and O–H groups in total. The molecule has 0 spiro atoms. The summed E-state index contributed by atoms with van der Waals surface area (Å²) in [4.78, 5) is 32.8. The molecule has 1 unspecified atom stereocenters. The van der Waals surface area contributed by atoms with Crippen molar-refractivity contribution in [2.75, 3.05) is 6.54 Å². The van der Waals surface area contributed by atoms with E-state index in [2.05, 4.69) is 10.6 Å². The number of non-ortho nitro benzene ring substituents is 1. The van der Waals surface area contributed by atoms with Crippen molar-refractivity contribution in [3.63, 3.8) is 0 Å². The molecule has 0 bridgehead atoms. The van der Waals surface area contributed by atoms with Crippen molar-refractivity contribution in [2.45, 2.75) is 18.9 Å². The van der Waals surface area contributed by atoms with Crippen molar-refractivity contribution >= 4 is 17.5 Å². The lowest BCUT2D eigenvalue weighted by molar-refractivity contribution is -0.384. The molecule has 1 aliphatic rings. The van der Waals surface area contributed by atoms with Gasteiger partial charge in [0.05, 0.1) is 10.5 Å². The fourth-order valence-electron chi connectivity index (χ4n) is 1.92. The Morgan fingerprint density at radius 1 is 1.50 bits per heavy atom. The van der Waals surface area contributed by atoms with Gasteiger partial charge in [-0.25, -0.2) is 4.39 Å². The second kappa shape index (κ2) is 5.64. The zero-order valence-electron chi connectivity index (χ0n) is 10.4. The van der Waals surface area contributed by atoms with Gasteiger partial charge >= 0.3 is 0 Å². The third-order valence-corrected chi connectivity index (χ3v) is 3.01. The first-order valence-corrected chi connectivity index (χ1v) is 5.99. The van der Waals surface area contributed by atoms with Gasteiger partial charge in [-0.3, -0.25) is 19.7 Å². The average Bonchev–Trinajstić information content (AvgIpc) is 2.41. The predicted octanol–water partition coefficient (Wildman–Crippen LogP) is 0.742. The fourth-order valence-corrected chi connectivity index (χ4v) is 1.92. The van der Waals surface area contributed by atoms with E-state index in [0.717, 1.165) is 18.2 Å². The van der Waals surface area contributed by atoms with E-state index >= 15 is 0 Å². The van der Waals surface area contributed by atoms with E-state index in [1.54, 1.807) is 0 Å². The normalized spacial score (nSPS) is 18.2. The number of nitro benzene ring substituents is 1. The highest BCUT2D eigenvalue weighted by Crippen LogP contribution is 2.17. The minimum Gasteiger partial charge on any atom is -0.354 e. The van der Waals surface area contributed by atoms with Crippen LogP contribution in [0, 0.1) is 15.9 Å². The topological polar surface area (TPSA) is 101 Å². The first kappa shape index (κ1) is 13.9. The quantitative estimate of drug-likeness (QED) is 0.630. The molecule has 0 saturated carbocycles. The van der Waals surface area contributed by atoms with Crippen LogP contribution in [0.3, 0.4) is 0 Å². The van der Waals surface area contributed by atoms with Crippen molar-refractivity contribution in [3.05, 3.63) is 39.7 Å². The summed E-state index contributed by atoms with van der Waals surface area (Å²) >= 11 is 0. The highest BCUT2D eigenvalue weighted by atomic mass is 19.1. The van der Waals surface area contributed by atoms with Gasteiger partial charge in [0.15, 0.2) is 0 Å². The molecule has 1 heterocycles. The van der Waals surface area contributed by atoms with Gasteiger partial charge in [-0.05, 0) is 12.5 Å². The largest absolute Gasteiger partial charge is 0.354 e. The SMILES string of the molecule is O=C1CCC(NC(=O)c2cc([N+](=O)[O-])ccc2F)CN1. The van der Waals surface area contributed by atoms with E-state index in [9.17, 15) is 24.1 Å². The second-order valence-corrected chi connectivity index (χ2v) is 4.43. The lowest BCUT2D eigenvalue weighted by atomic mass is 10.1. The maximum absolute atomic E-state index is 13.5. The summed E-state index contributed by atoms with van der Waals surface area (Å²) < 4.78 is 13.5. The summed E-state index contributed by atoms with van der Waals surface area (Å²) in [7, 11) is 0. The second-order valence-electron chi connectivity index (χ2n) is 4.43. The van der Waals surface area contributed by atoms with Crippen molar-refractivity contribution in [1.29, 1.82) is 0 Å².